The normalized spacial score (nSPS) is 23.8. The summed E-state index contributed by atoms with van der Waals surface area (Å²) in [5, 5.41) is 75.7. The maximum atomic E-state index is 14.9. The van der Waals surface area contributed by atoms with Gasteiger partial charge in [0.05, 0.1) is 50.7 Å². The number of nitrogens with two attached hydrogens (primary N) is 1. The zero-order valence-electron chi connectivity index (χ0n) is 48.1. The summed E-state index contributed by atoms with van der Waals surface area (Å²) in [7, 11) is 0. The Bertz CT molecular complexity index is 2610. The molecule has 11 atom stereocenters. The number of carboxylic acids is 1. The van der Waals surface area contributed by atoms with Crippen molar-refractivity contribution in [1.82, 2.24) is 52.8 Å². The van der Waals surface area contributed by atoms with Gasteiger partial charge < -0.3 is 84.0 Å². The second-order valence-electron chi connectivity index (χ2n) is 21.8. The topological polar surface area (TPSA) is 444 Å². The summed E-state index contributed by atoms with van der Waals surface area (Å²) in [5.74, 6) is -13.6. The Balaban J connectivity index is 1.78. The average Bonchev–Trinajstić information content (AvgIpc) is 2.61. The number of rotatable bonds is 22. The van der Waals surface area contributed by atoms with Crippen molar-refractivity contribution in [3.8, 4) is 5.75 Å². The molecule has 3 unspecified atom stereocenters. The number of unbranched alkanes of at least 4 members (excludes halogenated alkanes) is 2. The number of aliphatic hydroxyl groups excluding tert-OH is 3. The molecule has 1 fully saturated rings. The highest BCUT2D eigenvalue weighted by molar-refractivity contribution is 7.98. The molecule has 0 saturated carbocycles. The molecular formula is C55H83N11O17S. The summed E-state index contributed by atoms with van der Waals surface area (Å²) in [6.07, 6.45) is -3.49. The standard InChI is InChI=1S/C55H83N11O17S/c1-7-28(4)47-53(81)60-22-44(73)61-37-19-34-32(12-13-40(69)35(34)26-84-16-15-57-43(72)11-9-8-10-14-58-49(77)33(27(2)3)20-46(75)76)29(5)17-36(50(78)59-23-45(74)64-47)62-54(82)48(30(6)41(70)25-67)65-52(80)39-18-31(68)24-66(39)55(83)38(21-42(56)71)63-51(37)79/h12-13,27-28,30-31,33,36-39,41,47-48,67-70H,5,7-11,14-26H2,1-4,6H3,(H2,56,71)(H,57,72)(H,58,77)(H,59,78)(H,60,81)(H,61,73)(H,62,82)(H,63,79)(H,64,74)(H,65,80)(H,75,76)/t28-,30-,31+,33?,36-,37-,38?,39?,41-,47-,48-/m0/s1. The molecule has 16 N–H and O–H groups in total. The lowest BCUT2D eigenvalue weighted by atomic mass is 9.88. The summed E-state index contributed by atoms with van der Waals surface area (Å²) in [5.41, 5.74) is 6.12. The number of aliphatic hydroxyl groups is 3. The van der Waals surface area contributed by atoms with Gasteiger partial charge in [-0.2, -0.15) is 11.8 Å². The van der Waals surface area contributed by atoms with Crippen molar-refractivity contribution in [3.63, 3.8) is 0 Å². The van der Waals surface area contributed by atoms with E-state index in [1.54, 1.807) is 27.7 Å². The van der Waals surface area contributed by atoms with Gasteiger partial charge in [0, 0.05) is 68.3 Å². The molecule has 2 bridgehead atoms. The largest absolute Gasteiger partial charge is 0.508 e. The van der Waals surface area contributed by atoms with Crippen molar-refractivity contribution in [3.05, 3.63) is 35.4 Å². The monoisotopic (exact) mass is 1200 g/mol. The van der Waals surface area contributed by atoms with Crippen molar-refractivity contribution in [2.24, 2.45) is 29.4 Å². The number of fused-ring (bicyclic) bond motifs is 4. The average molecular weight is 1200 g/mol. The van der Waals surface area contributed by atoms with E-state index >= 15 is 0 Å². The van der Waals surface area contributed by atoms with Crippen LogP contribution in [0.5, 0.6) is 5.75 Å². The van der Waals surface area contributed by atoms with Crippen LogP contribution in [0, 0.1) is 23.7 Å². The summed E-state index contributed by atoms with van der Waals surface area (Å²) >= 11 is 1.23. The third-order valence-electron chi connectivity index (χ3n) is 15.1. The number of aromatic hydroxyl groups is 1. The number of aliphatic carboxylic acids is 1. The molecule has 1 aromatic rings. The number of nitrogens with zero attached hydrogens (tertiary/aromatic N) is 1. The summed E-state index contributed by atoms with van der Waals surface area (Å²) < 4.78 is 0. The van der Waals surface area contributed by atoms with Gasteiger partial charge in [0.25, 0.3) is 0 Å². The van der Waals surface area contributed by atoms with Crippen LogP contribution < -0.4 is 53.6 Å². The molecule has 0 spiro atoms. The minimum absolute atomic E-state index is 0.0347. The van der Waals surface area contributed by atoms with Gasteiger partial charge in [0.2, 0.25) is 65.0 Å². The minimum atomic E-state index is -1.86. The summed E-state index contributed by atoms with van der Waals surface area (Å²) in [6.45, 7) is 9.98. The molecule has 4 rings (SSSR count). The van der Waals surface area contributed by atoms with E-state index in [1.807, 2.05) is 0 Å². The smallest absolute Gasteiger partial charge is 0.304 e. The van der Waals surface area contributed by atoms with Gasteiger partial charge >= 0.3 is 5.97 Å². The van der Waals surface area contributed by atoms with E-state index in [0.29, 0.717) is 32.2 Å². The molecule has 84 heavy (non-hydrogen) atoms. The van der Waals surface area contributed by atoms with Gasteiger partial charge in [0.1, 0.15) is 42.0 Å². The predicted octanol–water partition coefficient (Wildman–Crippen LogP) is -3.33. The number of hydrogen-bond acceptors (Lipinski definition) is 17. The van der Waals surface area contributed by atoms with Crippen molar-refractivity contribution in [1.29, 1.82) is 0 Å². The number of carboxylic acid groups (broad SMARTS) is 1. The quantitative estimate of drug-likeness (QED) is 0.0505. The van der Waals surface area contributed by atoms with Gasteiger partial charge in [-0.15, -0.1) is 0 Å². The first-order valence-corrected chi connectivity index (χ1v) is 29.3. The van der Waals surface area contributed by atoms with E-state index in [-0.39, 0.29) is 76.6 Å². The van der Waals surface area contributed by atoms with Crippen molar-refractivity contribution < 1.29 is 83.1 Å². The fourth-order valence-corrected chi connectivity index (χ4v) is 10.8. The molecule has 3 heterocycles. The molecule has 1 aromatic carbocycles. The van der Waals surface area contributed by atoms with E-state index in [9.17, 15) is 78.0 Å². The second kappa shape index (κ2) is 33.2. The lowest BCUT2D eigenvalue weighted by Gasteiger charge is -2.33. The maximum absolute atomic E-state index is 14.9. The lowest BCUT2D eigenvalue weighted by Crippen LogP contribution is -2.61. The Morgan fingerprint density at radius 3 is 2.12 bits per heavy atom. The number of hydrogen-bond donors (Lipinski definition) is 15. The molecule has 28 nitrogen and oxygen atoms in total. The summed E-state index contributed by atoms with van der Waals surface area (Å²) in [6, 6.07) is -7.24. The number of thioether (sulfide) groups is 1. The fourth-order valence-electron chi connectivity index (χ4n) is 9.91. The number of primary amides is 1. The zero-order valence-corrected chi connectivity index (χ0v) is 48.9. The van der Waals surface area contributed by atoms with Crippen molar-refractivity contribution in [2.45, 2.75) is 153 Å². The van der Waals surface area contributed by atoms with Gasteiger partial charge in [-0.1, -0.05) is 60.1 Å². The first kappa shape index (κ1) is 69.1. The molecule has 0 radical (unpaired) electrons. The van der Waals surface area contributed by atoms with Crippen LogP contribution in [0.2, 0.25) is 0 Å². The molecule has 0 aromatic heterocycles. The summed E-state index contributed by atoms with van der Waals surface area (Å²) in [4.78, 5) is 164. The number of nitrogens with one attached hydrogen (secondary N) is 9. The van der Waals surface area contributed by atoms with Crippen LogP contribution in [0.3, 0.4) is 0 Å². The van der Waals surface area contributed by atoms with Crippen LogP contribution in [-0.2, 0) is 69.7 Å². The van der Waals surface area contributed by atoms with E-state index in [4.69, 9.17) is 10.8 Å². The third-order valence-corrected chi connectivity index (χ3v) is 16.1. The molecule has 3 aliphatic heterocycles. The number of carbonyl (C=O) groups is 12. The Kier molecular flexibility index (Phi) is 27.3. The molecular weight excluding hydrogens is 1120 g/mol. The SMILES string of the molecule is C=C1C[C@@H]2NC(=O)[C@H]([C@@H](C)[C@@H](O)CO)NC(=O)C3C[C@@H](O)CN3C(=O)C(CC(N)=O)NC(=O)[C@H](Cc3c1ccc(O)c3CSCCNC(=O)CCCCCNC(=O)C(CC(=O)O)C(C)C)NC(=O)CNC(=O)[C@H]([C@@H](C)CC)NC(=O)CNC2=O. The van der Waals surface area contributed by atoms with E-state index in [2.05, 4.69) is 54.4 Å². The van der Waals surface area contributed by atoms with E-state index in [1.165, 1.54) is 30.8 Å². The molecule has 3 aliphatic rings. The molecule has 1 saturated heterocycles. The predicted molar refractivity (Wildman–Crippen MR) is 304 cm³/mol. The maximum Gasteiger partial charge on any atom is 0.304 e. The molecule has 0 aliphatic carbocycles. The first-order valence-electron chi connectivity index (χ1n) is 28.1. The van der Waals surface area contributed by atoms with Crippen molar-refractivity contribution in [2.75, 3.05) is 45.1 Å². The van der Waals surface area contributed by atoms with Gasteiger partial charge in [0.15, 0.2) is 0 Å². The Morgan fingerprint density at radius 1 is 0.810 bits per heavy atom. The number of phenols is 1. The van der Waals surface area contributed by atoms with Crippen LogP contribution >= 0.6 is 11.8 Å². The molecule has 29 heteroatoms. The van der Waals surface area contributed by atoms with Crippen LogP contribution in [-0.4, -0.2) is 195 Å². The Morgan fingerprint density at radius 2 is 1.48 bits per heavy atom. The molecule has 466 valence electrons. The highest BCUT2D eigenvalue weighted by Crippen LogP contribution is 2.35. The third kappa shape index (κ3) is 20.5. The van der Waals surface area contributed by atoms with E-state index in [0.717, 1.165) is 4.90 Å². The fraction of sp³-hybridized carbons (Fsp3) is 0.636. The van der Waals surface area contributed by atoms with Crippen LogP contribution in [0.25, 0.3) is 5.57 Å². The van der Waals surface area contributed by atoms with Gasteiger partial charge in [-0.05, 0) is 47.4 Å². The van der Waals surface area contributed by atoms with Crippen molar-refractivity contribution >= 4 is 88.3 Å². The van der Waals surface area contributed by atoms with E-state index < -0.39 is 177 Å². The van der Waals surface area contributed by atoms with Crippen LogP contribution in [0.15, 0.2) is 18.7 Å². The number of carbonyl (C=O) groups excluding carboxylic acids is 11. The molecule has 11 amide bonds. The van der Waals surface area contributed by atoms with Gasteiger partial charge in [-0.3, -0.25) is 57.5 Å². The first-order chi connectivity index (χ1) is 39.7. The lowest BCUT2D eigenvalue weighted by molar-refractivity contribution is -0.144. The zero-order chi connectivity index (χ0) is 62.5. The second-order valence-corrected chi connectivity index (χ2v) is 22.9. The highest BCUT2D eigenvalue weighted by atomic mass is 32.2. The number of amides is 11. The number of benzene rings is 1. The van der Waals surface area contributed by atoms with Crippen LogP contribution in [0.1, 0.15) is 109 Å². The van der Waals surface area contributed by atoms with Gasteiger partial charge in [-0.25, -0.2) is 0 Å². The number of phenolic OH excluding ortho intramolecular Hbond substituents is 1. The highest BCUT2D eigenvalue weighted by Gasteiger charge is 2.45. The Labute approximate surface area is 491 Å². The Hall–Kier alpha value is -7.37. The van der Waals surface area contributed by atoms with Crippen LogP contribution in [0.4, 0.5) is 0 Å². The minimum Gasteiger partial charge on any atom is -0.508 e.